The first kappa shape index (κ1) is 15.0. The number of thioether (sulfide) groups is 1. The van der Waals surface area contributed by atoms with Crippen LogP contribution in [0, 0.1) is 0 Å². The molecule has 0 aliphatic carbocycles. The highest BCUT2D eigenvalue weighted by Gasteiger charge is 2.15. The fourth-order valence-electron chi connectivity index (χ4n) is 1.41. The van der Waals surface area contributed by atoms with Gasteiger partial charge in [0.25, 0.3) is 0 Å². The van der Waals surface area contributed by atoms with Gasteiger partial charge >= 0.3 is 0 Å². The molecule has 0 aliphatic rings. The molecule has 0 atom stereocenters. The normalized spacial score (nSPS) is 11.3. The molecule has 0 spiro atoms. The average Bonchev–Trinajstić information content (AvgIpc) is 2.85. The van der Waals surface area contributed by atoms with Crippen LogP contribution in [0.1, 0.15) is 20.8 Å². The number of rotatable bonds is 4. The van der Waals surface area contributed by atoms with Crippen LogP contribution in [0.15, 0.2) is 30.3 Å². The van der Waals surface area contributed by atoms with Crippen molar-refractivity contribution in [3.8, 4) is 10.6 Å². The smallest absolute Gasteiger partial charge is 0.236 e. The Morgan fingerprint density at radius 3 is 2.60 bits per heavy atom. The zero-order valence-electron chi connectivity index (χ0n) is 11.7. The third kappa shape index (κ3) is 4.61. The summed E-state index contributed by atoms with van der Waals surface area (Å²) < 4.78 is 0.0771. The van der Waals surface area contributed by atoms with Gasteiger partial charge in [-0.25, -0.2) is 0 Å². The largest absolute Gasteiger partial charge is 0.300 e. The highest BCUT2D eigenvalue weighted by Crippen LogP contribution is 2.27. The van der Waals surface area contributed by atoms with Crippen molar-refractivity contribution in [1.29, 1.82) is 0 Å². The Labute approximate surface area is 127 Å². The lowest BCUT2D eigenvalue weighted by atomic mass is 10.2. The Hall–Kier alpha value is -1.40. The zero-order chi connectivity index (χ0) is 14.6. The first-order valence-corrected chi connectivity index (χ1v) is 8.07. The van der Waals surface area contributed by atoms with Gasteiger partial charge in [0, 0.05) is 10.3 Å². The van der Waals surface area contributed by atoms with Gasteiger partial charge in [0.05, 0.1) is 5.75 Å². The predicted molar refractivity (Wildman–Crippen MR) is 86.2 cm³/mol. The number of amides is 1. The number of carbonyl (C=O) groups excluding carboxylic acids is 1. The first-order valence-electron chi connectivity index (χ1n) is 6.27. The number of benzene rings is 1. The summed E-state index contributed by atoms with van der Waals surface area (Å²) in [5.41, 5.74) is 1.01. The van der Waals surface area contributed by atoms with Gasteiger partial charge < -0.3 is 0 Å². The van der Waals surface area contributed by atoms with E-state index in [4.69, 9.17) is 0 Å². The zero-order valence-corrected chi connectivity index (χ0v) is 13.3. The Balaban J connectivity index is 1.95. The fourth-order valence-corrected chi connectivity index (χ4v) is 2.81. The predicted octanol–water partition coefficient (Wildman–Crippen LogP) is 3.68. The van der Waals surface area contributed by atoms with Crippen molar-refractivity contribution >= 4 is 34.1 Å². The van der Waals surface area contributed by atoms with E-state index >= 15 is 0 Å². The van der Waals surface area contributed by atoms with E-state index in [0.29, 0.717) is 10.9 Å². The fraction of sp³-hybridized carbons (Fsp3) is 0.357. The van der Waals surface area contributed by atoms with E-state index in [1.165, 1.54) is 11.3 Å². The molecule has 1 aromatic carbocycles. The molecule has 1 heterocycles. The molecule has 1 amide bonds. The number of aromatic nitrogens is 2. The molecule has 4 nitrogen and oxygen atoms in total. The minimum absolute atomic E-state index is 0.0410. The van der Waals surface area contributed by atoms with E-state index in [1.807, 2.05) is 30.3 Å². The summed E-state index contributed by atoms with van der Waals surface area (Å²) in [6, 6.07) is 9.81. The molecule has 0 saturated carbocycles. The summed E-state index contributed by atoms with van der Waals surface area (Å²) in [7, 11) is 0. The molecule has 0 fully saturated rings. The Morgan fingerprint density at radius 2 is 1.95 bits per heavy atom. The number of anilines is 1. The van der Waals surface area contributed by atoms with Gasteiger partial charge in [-0.2, -0.15) is 0 Å². The maximum absolute atomic E-state index is 11.8. The third-order valence-corrected chi connectivity index (χ3v) is 4.49. The monoisotopic (exact) mass is 307 g/mol. The van der Waals surface area contributed by atoms with Crippen molar-refractivity contribution in [2.24, 2.45) is 0 Å². The highest BCUT2D eigenvalue weighted by molar-refractivity contribution is 8.01. The van der Waals surface area contributed by atoms with Crippen molar-refractivity contribution in [3.05, 3.63) is 30.3 Å². The minimum atomic E-state index is -0.0410. The maximum Gasteiger partial charge on any atom is 0.236 e. The van der Waals surface area contributed by atoms with Crippen LogP contribution in [0.5, 0.6) is 0 Å². The molecule has 2 rings (SSSR count). The van der Waals surface area contributed by atoms with Crippen molar-refractivity contribution in [2.75, 3.05) is 11.1 Å². The SMILES string of the molecule is CC(C)(C)SCC(=O)Nc1nnc(-c2ccccc2)s1. The van der Waals surface area contributed by atoms with E-state index in [2.05, 4.69) is 36.3 Å². The number of nitrogens with zero attached hydrogens (tertiary/aromatic N) is 2. The summed E-state index contributed by atoms with van der Waals surface area (Å²) in [4.78, 5) is 11.8. The minimum Gasteiger partial charge on any atom is -0.300 e. The van der Waals surface area contributed by atoms with Crippen molar-refractivity contribution in [3.63, 3.8) is 0 Å². The van der Waals surface area contributed by atoms with E-state index in [0.717, 1.165) is 10.6 Å². The maximum atomic E-state index is 11.8. The molecule has 0 saturated heterocycles. The van der Waals surface area contributed by atoms with Gasteiger partial charge in [0.2, 0.25) is 11.0 Å². The van der Waals surface area contributed by atoms with Gasteiger partial charge in [-0.1, -0.05) is 62.4 Å². The molecule has 0 aliphatic heterocycles. The average molecular weight is 307 g/mol. The Morgan fingerprint density at radius 1 is 1.25 bits per heavy atom. The summed E-state index contributed by atoms with van der Waals surface area (Å²) in [5.74, 6) is 0.379. The number of nitrogens with one attached hydrogen (secondary N) is 1. The summed E-state index contributed by atoms with van der Waals surface area (Å²) >= 11 is 2.99. The van der Waals surface area contributed by atoms with Crippen LogP contribution in [0.2, 0.25) is 0 Å². The number of hydrogen-bond donors (Lipinski definition) is 1. The Kier molecular flexibility index (Phi) is 4.77. The second kappa shape index (κ2) is 6.37. The first-order chi connectivity index (χ1) is 9.44. The van der Waals surface area contributed by atoms with Crippen molar-refractivity contribution in [2.45, 2.75) is 25.5 Å². The molecule has 0 bridgehead atoms. The van der Waals surface area contributed by atoms with Gasteiger partial charge in [0.15, 0.2) is 0 Å². The van der Waals surface area contributed by atoms with Crippen LogP contribution in [-0.2, 0) is 4.79 Å². The molecule has 6 heteroatoms. The van der Waals surface area contributed by atoms with Gasteiger partial charge in [-0.3, -0.25) is 10.1 Å². The third-order valence-electron chi connectivity index (χ3n) is 2.33. The molecule has 2 aromatic rings. The van der Waals surface area contributed by atoms with Crippen LogP contribution in [0.4, 0.5) is 5.13 Å². The van der Waals surface area contributed by atoms with Gasteiger partial charge in [-0.05, 0) is 0 Å². The summed E-state index contributed by atoms with van der Waals surface area (Å²) in [5, 5.41) is 12.2. The summed E-state index contributed by atoms with van der Waals surface area (Å²) in [6.45, 7) is 6.26. The lowest BCUT2D eigenvalue weighted by Crippen LogP contribution is -2.18. The quantitative estimate of drug-likeness (QED) is 0.936. The van der Waals surface area contributed by atoms with Crippen LogP contribution in [-0.4, -0.2) is 26.6 Å². The second-order valence-electron chi connectivity index (χ2n) is 5.23. The van der Waals surface area contributed by atoms with Gasteiger partial charge in [-0.15, -0.1) is 22.0 Å². The number of hydrogen-bond acceptors (Lipinski definition) is 5. The molecular formula is C14H17N3OS2. The standard InChI is InChI=1S/C14H17N3OS2/c1-14(2,3)19-9-11(18)15-13-17-16-12(20-13)10-7-5-4-6-8-10/h4-8H,9H2,1-3H3,(H,15,17,18). The molecule has 0 unspecified atom stereocenters. The Bertz CT molecular complexity index is 576. The molecule has 20 heavy (non-hydrogen) atoms. The topological polar surface area (TPSA) is 54.9 Å². The second-order valence-corrected chi connectivity index (χ2v) is 8.01. The highest BCUT2D eigenvalue weighted by atomic mass is 32.2. The molecule has 1 N–H and O–H groups in total. The van der Waals surface area contributed by atoms with E-state index in [9.17, 15) is 4.79 Å². The molecular weight excluding hydrogens is 290 g/mol. The van der Waals surface area contributed by atoms with Crippen LogP contribution in [0.3, 0.4) is 0 Å². The van der Waals surface area contributed by atoms with E-state index < -0.39 is 0 Å². The van der Waals surface area contributed by atoms with Crippen LogP contribution in [0.25, 0.3) is 10.6 Å². The lowest BCUT2D eigenvalue weighted by molar-refractivity contribution is -0.113. The van der Waals surface area contributed by atoms with E-state index in [1.54, 1.807) is 11.8 Å². The molecule has 106 valence electrons. The van der Waals surface area contributed by atoms with Crippen molar-refractivity contribution < 1.29 is 4.79 Å². The number of carbonyl (C=O) groups is 1. The molecule has 0 radical (unpaired) electrons. The van der Waals surface area contributed by atoms with Crippen molar-refractivity contribution in [1.82, 2.24) is 10.2 Å². The van der Waals surface area contributed by atoms with Crippen LogP contribution < -0.4 is 5.32 Å². The van der Waals surface area contributed by atoms with Crippen LogP contribution >= 0.6 is 23.1 Å². The van der Waals surface area contributed by atoms with E-state index in [-0.39, 0.29) is 10.7 Å². The summed E-state index contributed by atoms with van der Waals surface area (Å²) in [6.07, 6.45) is 0. The van der Waals surface area contributed by atoms with Gasteiger partial charge in [0.1, 0.15) is 5.01 Å². The lowest BCUT2D eigenvalue weighted by Gasteiger charge is -2.16. The molecule has 1 aromatic heterocycles.